The van der Waals surface area contributed by atoms with Crippen LogP contribution < -0.4 is 15.4 Å². The molecule has 1 aliphatic rings. The summed E-state index contributed by atoms with van der Waals surface area (Å²) in [5.41, 5.74) is -0.843. The number of hydrogen-bond acceptors (Lipinski definition) is 4. The van der Waals surface area contributed by atoms with Gasteiger partial charge in [0.25, 0.3) is 0 Å². The Kier molecular flexibility index (Phi) is 8.12. The fraction of sp³-hybridized carbons (Fsp3) is 0.650. The molecule has 0 heterocycles. The Labute approximate surface area is 164 Å². The summed E-state index contributed by atoms with van der Waals surface area (Å²) in [7, 11) is 1.50. The molecular formula is C20H29F3N2O3. The highest BCUT2D eigenvalue weighted by Crippen LogP contribution is 2.35. The van der Waals surface area contributed by atoms with Crippen LogP contribution in [0.2, 0.25) is 0 Å². The fourth-order valence-corrected chi connectivity index (χ4v) is 3.37. The summed E-state index contributed by atoms with van der Waals surface area (Å²) in [6.45, 7) is 4.32. The highest BCUT2D eigenvalue weighted by atomic mass is 19.4. The molecule has 1 amide bonds. The van der Waals surface area contributed by atoms with Crippen LogP contribution in [0.1, 0.15) is 45.1 Å². The molecule has 2 N–H and O–H groups in total. The van der Waals surface area contributed by atoms with Crippen LogP contribution in [-0.4, -0.2) is 38.3 Å². The molecule has 0 aromatic heterocycles. The Bertz CT molecular complexity index is 652. The molecule has 8 heteroatoms. The monoisotopic (exact) mass is 402 g/mol. The number of methoxy groups -OCH3 is 1. The van der Waals surface area contributed by atoms with E-state index in [1.807, 2.05) is 0 Å². The summed E-state index contributed by atoms with van der Waals surface area (Å²) >= 11 is 0. The van der Waals surface area contributed by atoms with Crippen molar-refractivity contribution in [3.63, 3.8) is 0 Å². The normalized spacial score (nSPS) is 21.2. The molecule has 1 aromatic rings. The van der Waals surface area contributed by atoms with Gasteiger partial charge in [-0.15, -0.1) is 0 Å². The van der Waals surface area contributed by atoms with Crippen molar-refractivity contribution in [1.82, 2.24) is 5.32 Å². The van der Waals surface area contributed by atoms with Gasteiger partial charge in [-0.1, -0.05) is 19.8 Å². The van der Waals surface area contributed by atoms with Crippen LogP contribution in [0.5, 0.6) is 5.75 Å². The number of nitrogens with one attached hydrogen (secondary N) is 2. The van der Waals surface area contributed by atoms with Gasteiger partial charge in [0.15, 0.2) is 0 Å². The maximum Gasteiger partial charge on any atom is 0.416 e. The Morgan fingerprint density at radius 2 is 1.96 bits per heavy atom. The number of halogens is 3. The minimum atomic E-state index is -4.51. The zero-order chi connectivity index (χ0) is 20.7. The number of rotatable bonds is 8. The van der Waals surface area contributed by atoms with Gasteiger partial charge in [0, 0.05) is 13.2 Å². The molecule has 158 valence electrons. The summed E-state index contributed by atoms with van der Waals surface area (Å²) in [5, 5.41) is 5.90. The molecule has 3 unspecified atom stereocenters. The molecule has 0 radical (unpaired) electrons. The molecule has 1 saturated carbocycles. The van der Waals surface area contributed by atoms with Crippen LogP contribution in [-0.2, 0) is 15.7 Å². The number of carbonyl (C=O) groups excluding carboxylic acids is 1. The highest BCUT2D eigenvalue weighted by molar-refractivity contribution is 5.96. The first-order valence-corrected chi connectivity index (χ1v) is 9.62. The summed E-state index contributed by atoms with van der Waals surface area (Å²) in [5.74, 6) is 0.246. The van der Waals surface area contributed by atoms with Crippen molar-refractivity contribution in [2.45, 2.75) is 57.8 Å². The molecule has 0 bridgehead atoms. The average molecular weight is 402 g/mol. The van der Waals surface area contributed by atoms with E-state index in [1.54, 1.807) is 6.92 Å². The van der Waals surface area contributed by atoms with E-state index in [2.05, 4.69) is 17.6 Å². The average Bonchev–Trinajstić information content (AvgIpc) is 2.64. The predicted molar refractivity (Wildman–Crippen MR) is 101 cm³/mol. The number of anilines is 1. The van der Waals surface area contributed by atoms with Crippen LogP contribution in [0, 0.1) is 5.92 Å². The van der Waals surface area contributed by atoms with Crippen molar-refractivity contribution in [2.75, 3.05) is 25.6 Å². The third-order valence-electron chi connectivity index (χ3n) is 5.08. The summed E-state index contributed by atoms with van der Waals surface area (Å²) in [4.78, 5) is 12.6. The number of alkyl halides is 3. The van der Waals surface area contributed by atoms with E-state index < -0.39 is 23.7 Å². The number of amides is 1. The quantitative estimate of drug-likeness (QED) is 0.639. The number of carbonyl (C=O) groups is 1. The zero-order valence-electron chi connectivity index (χ0n) is 16.6. The van der Waals surface area contributed by atoms with Gasteiger partial charge in [-0.05, 0) is 43.9 Å². The van der Waals surface area contributed by atoms with Gasteiger partial charge in [-0.25, -0.2) is 0 Å². The van der Waals surface area contributed by atoms with E-state index in [9.17, 15) is 18.0 Å². The standard InChI is InChI=1S/C20H29F3N2O3/c1-13-6-4-5-7-16(13)24-14(2)19(26)25-17-12-15(20(21,22)23)8-9-18(17)28-11-10-27-3/h8-9,12-14,16,24H,4-7,10-11H2,1-3H3,(H,25,26). The van der Waals surface area contributed by atoms with Crippen molar-refractivity contribution in [2.24, 2.45) is 5.92 Å². The van der Waals surface area contributed by atoms with Gasteiger partial charge >= 0.3 is 6.18 Å². The maximum atomic E-state index is 13.1. The summed E-state index contributed by atoms with van der Waals surface area (Å²) < 4.78 is 49.6. The molecule has 1 aliphatic carbocycles. The molecule has 5 nitrogen and oxygen atoms in total. The van der Waals surface area contributed by atoms with Crippen molar-refractivity contribution in [1.29, 1.82) is 0 Å². The van der Waals surface area contributed by atoms with Crippen LogP contribution in [0.15, 0.2) is 18.2 Å². The lowest BCUT2D eigenvalue weighted by Gasteiger charge is -2.31. The summed E-state index contributed by atoms with van der Waals surface area (Å²) in [6, 6.07) is 2.74. The molecule has 0 saturated heterocycles. The first kappa shape index (κ1) is 22.5. The number of hydrogen-bond donors (Lipinski definition) is 2. The lowest BCUT2D eigenvalue weighted by atomic mass is 9.85. The lowest BCUT2D eigenvalue weighted by Crippen LogP contribution is -2.47. The summed E-state index contributed by atoms with van der Waals surface area (Å²) in [6.07, 6.45) is -0.107. The van der Waals surface area contributed by atoms with Crippen molar-refractivity contribution in [3.05, 3.63) is 23.8 Å². The second kappa shape index (κ2) is 10.1. The van der Waals surface area contributed by atoms with Crippen LogP contribution in [0.25, 0.3) is 0 Å². The van der Waals surface area contributed by atoms with Gasteiger partial charge < -0.3 is 20.1 Å². The topological polar surface area (TPSA) is 59.6 Å². The van der Waals surface area contributed by atoms with E-state index in [4.69, 9.17) is 9.47 Å². The molecule has 0 spiro atoms. The van der Waals surface area contributed by atoms with Crippen molar-refractivity contribution >= 4 is 11.6 Å². The fourth-order valence-electron chi connectivity index (χ4n) is 3.37. The van der Waals surface area contributed by atoms with Gasteiger partial charge in [-0.2, -0.15) is 13.2 Å². The number of ether oxygens (including phenoxy) is 2. The van der Waals surface area contributed by atoms with Crippen molar-refractivity contribution in [3.8, 4) is 5.75 Å². The van der Waals surface area contributed by atoms with E-state index in [0.717, 1.165) is 31.4 Å². The van der Waals surface area contributed by atoms with E-state index in [-0.39, 0.29) is 30.7 Å². The minimum Gasteiger partial charge on any atom is -0.489 e. The Hall–Kier alpha value is -1.80. The van der Waals surface area contributed by atoms with Gasteiger partial charge in [0.05, 0.1) is 23.9 Å². The largest absolute Gasteiger partial charge is 0.489 e. The molecular weight excluding hydrogens is 373 g/mol. The third-order valence-corrected chi connectivity index (χ3v) is 5.08. The molecule has 0 aliphatic heterocycles. The number of benzene rings is 1. The first-order valence-electron chi connectivity index (χ1n) is 9.62. The van der Waals surface area contributed by atoms with Gasteiger partial charge in [0.1, 0.15) is 12.4 Å². The second-order valence-corrected chi connectivity index (χ2v) is 7.30. The first-order chi connectivity index (χ1) is 13.2. The lowest BCUT2D eigenvalue weighted by molar-refractivity contribution is -0.137. The van der Waals surface area contributed by atoms with Gasteiger partial charge in [-0.3, -0.25) is 4.79 Å². The SMILES string of the molecule is COCCOc1ccc(C(F)(F)F)cc1NC(=O)C(C)NC1CCCCC1C. The van der Waals surface area contributed by atoms with Crippen molar-refractivity contribution < 1.29 is 27.4 Å². The Morgan fingerprint density at radius 1 is 1.25 bits per heavy atom. The molecule has 28 heavy (non-hydrogen) atoms. The Balaban J connectivity index is 2.10. The predicted octanol–water partition coefficient (Wildman–Crippen LogP) is 4.23. The van der Waals surface area contributed by atoms with Crippen LogP contribution in [0.3, 0.4) is 0 Å². The van der Waals surface area contributed by atoms with Crippen LogP contribution >= 0.6 is 0 Å². The third kappa shape index (κ3) is 6.38. The molecule has 1 aromatic carbocycles. The van der Waals surface area contributed by atoms with E-state index >= 15 is 0 Å². The molecule has 2 rings (SSSR count). The Morgan fingerprint density at radius 3 is 2.61 bits per heavy atom. The zero-order valence-corrected chi connectivity index (χ0v) is 16.6. The maximum absolute atomic E-state index is 13.1. The molecule has 3 atom stereocenters. The smallest absolute Gasteiger partial charge is 0.416 e. The van der Waals surface area contributed by atoms with Gasteiger partial charge in [0.2, 0.25) is 5.91 Å². The van der Waals surface area contributed by atoms with E-state index in [0.29, 0.717) is 5.92 Å². The van der Waals surface area contributed by atoms with Crippen LogP contribution in [0.4, 0.5) is 18.9 Å². The minimum absolute atomic E-state index is 0.00118. The molecule has 1 fully saturated rings. The second-order valence-electron chi connectivity index (χ2n) is 7.30. The highest BCUT2D eigenvalue weighted by Gasteiger charge is 2.32. The van der Waals surface area contributed by atoms with E-state index in [1.165, 1.54) is 19.6 Å².